The van der Waals surface area contributed by atoms with Gasteiger partial charge in [-0.3, -0.25) is 10.3 Å². The normalized spacial score (nSPS) is 13.0. The molecule has 0 fully saturated rings. The molecule has 0 radical (unpaired) electrons. The van der Waals surface area contributed by atoms with E-state index in [-0.39, 0.29) is 5.92 Å². The van der Waals surface area contributed by atoms with Gasteiger partial charge >= 0.3 is 0 Å². The van der Waals surface area contributed by atoms with E-state index in [9.17, 15) is 0 Å². The molecule has 84 valence electrons. The van der Waals surface area contributed by atoms with Crippen molar-refractivity contribution < 1.29 is 0 Å². The highest BCUT2D eigenvalue weighted by Crippen LogP contribution is 2.11. The maximum absolute atomic E-state index is 8.55. The number of aliphatic imine (C=N–C) groups is 1. The highest BCUT2D eigenvalue weighted by Gasteiger charge is 2.10. The number of aromatic nitrogens is 1. The lowest BCUT2D eigenvalue weighted by molar-refractivity contribution is 0.742. The van der Waals surface area contributed by atoms with Crippen LogP contribution in [0.1, 0.15) is 12.5 Å². The zero-order valence-electron chi connectivity index (χ0n) is 9.24. The minimum absolute atomic E-state index is 0.146. The molecule has 1 unspecified atom stereocenters. The Hall–Kier alpha value is -1.60. The summed E-state index contributed by atoms with van der Waals surface area (Å²) < 4.78 is 0. The Bertz CT molecular complexity index is 405. The Morgan fingerprint density at radius 3 is 2.94 bits per heavy atom. The molecule has 1 atom stereocenters. The number of halogens is 1. The van der Waals surface area contributed by atoms with Crippen molar-refractivity contribution in [3.05, 3.63) is 29.0 Å². The summed E-state index contributed by atoms with van der Waals surface area (Å²) in [4.78, 5) is 8.03. The van der Waals surface area contributed by atoms with E-state index in [2.05, 4.69) is 15.3 Å². The second kappa shape index (κ2) is 6.09. The molecule has 0 amide bonds. The van der Waals surface area contributed by atoms with Gasteiger partial charge in [0.1, 0.15) is 11.0 Å². The van der Waals surface area contributed by atoms with E-state index in [0.29, 0.717) is 11.0 Å². The summed E-state index contributed by atoms with van der Waals surface area (Å²) in [5.74, 6) is 0.824. The molecule has 0 aliphatic carbocycles. The molecule has 5 heteroatoms. The van der Waals surface area contributed by atoms with E-state index in [4.69, 9.17) is 16.9 Å². The summed E-state index contributed by atoms with van der Waals surface area (Å²) in [6.45, 7) is 2.00. The van der Waals surface area contributed by atoms with Crippen LogP contribution in [0, 0.1) is 17.4 Å². The van der Waals surface area contributed by atoms with Crippen LogP contribution in [-0.4, -0.2) is 17.9 Å². The predicted octanol–water partition coefficient (Wildman–Crippen LogP) is 2.01. The maximum Gasteiger partial charge on any atom is 0.182 e. The Kier molecular flexibility index (Phi) is 4.74. The van der Waals surface area contributed by atoms with Crippen LogP contribution in [0.2, 0.25) is 5.15 Å². The standard InChI is InChI=1S/C11H13ClN4/c1-8(11(14-2)16-7-13)5-9-3-4-10(12)15-6-9/h3-4,6,8H,5H2,1-2H3,(H,14,16). The first kappa shape index (κ1) is 12.5. The van der Waals surface area contributed by atoms with Crippen molar-refractivity contribution in [3.63, 3.8) is 0 Å². The number of nitrogens with one attached hydrogen (secondary N) is 1. The number of pyridine rings is 1. The minimum Gasteiger partial charge on any atom is -0.280 e. The SMILES string of the molecule is CN=C(NC#N)C(C)Cc1ccc(Cl)nc1. The number of nitrogens with zero attached hydrogens (tertiary/aromatic N) is 3. The first-order chi connectivity index (χ1) is 7.67. The number of hydrogen-bond acceptors (Lipinski definition) is 3. The monoisotopic (exact) mass is 236 g/mol. The van der Waals surface area contributed by atoms with Crippen LogP contribution in [0.5, 0.6) is 0 Å². The lowest BCUT2D eigenvalue weighted by atomic mass is 10.0. The third kappa shape index (κ3) is 3.52. The first-order valence-electron chi connectivity index (χ1n) is 4.89. The Morgan fingerprint density at radius 1 is 1.69 bits per heavy atom. The van der Waals surface area contributed by atoms with E-state index in [1.54, 1.807) is 19.3 Å². The molecule has 0 aromatic carbocycles. The molecule has 0 spiro atoms. The van der Waals surface area contributed by atoms with Crippen LogP contribution < -0.4 is 5.32 Å². The molecule has 1 rings (SSSR count). The van der Waals surface area contributed by atoms with Crippen LogP contribution in [0.4, 0.5) is 0 Å². The van der Waals surface area contributed by atoms with Crippen LogP contribution in [-0.2, 0) is 6.42 Å². The molecule has 0 aliphatic heterocycles. The fourth-order valence-electron chi connectivity index (χ4n) is 1.43. The van der Waals surface area contributed by atoms with E-state index in [1.165, 1.54) is 0 Å². The fourth-order valence-corrected chi connectivity index (χ4v) is 1.55. The quantitative estimate of drug-likeness (QED) is 0.287. The number of rotatable bonds is 3. The van der Waals surface area contributed by atoms with Gasteiger partial charge in [0.2, 0.25) is 0 Å². The molecule has 0 saturated heterocycles. The minimum atomic E-state index is 0.146. The average molecular weight is 237 g/mol. The van der Waals surface area contributed by atoms with E-state index in [1.807, 2.05) is 19.2 Å². The van der Waals surface area contributed by atoms with Crippen LogP contribution in [0.25, 0.3) is 0 Å². The second-order valence-electron chi connectivity index (χ2n) is 3.44. The molecular formula is C11H13ClN4. The number of hydrogen-bond donors (Lipinski definition) is 1. The number of amidine groups is 1. The summed E-state index contributed by atoms with van der Waals surface area (Å²) in [5.41, 5.74) is 1.07. The van der Waals surface area contributed by atoms with Gasteiger partial charge in [-0.25, -0.2) is 4.98 Å². The van der Waals surface area contributed by atoms with Gasteiger partial charge in [0.15, 0.2) is 6.19 Å². The van der Waals surface area contributed by atoms with Crippen LogP contribution >= 0.6 is 11.6 Å². The van der Waals surface area contributed by atoms with Crippen LogP contribution in [0.15, 0.2) is 23.3 Å². The molecule has 16 heavy (non-hydrogen) atoms. The van der Waals surface area contributed by atoms with Crippen molar-refractivity contribution in [3.8, 4) is 6.19 Å². The summed E-state index contributed by atoms with van der Waals surface area (Å²) >= 11 is 5.70. The van der Waals surface area contributed by atoms with Crippen molar-refractivity contribution in [1.29, 1.82) is 5.26 Å². The maximum atomic E-state index is 8.55. The summed E-state index contributed by atoms with van der Waals surface area (Å²) in [5, 5.41) is 11.6. The van der Waals surface area contributed by atoms with Gasteiger partial charge in [-0.1, -0.05) is 24.6 Å². The molecule has 4 nitrogen and oxygen atoms in total. The summed E-state index contributed by atoms with van der Waals surface area (Å²) in [6.07, 6.45) is 4.38. The molecule has 1 aromatic heterocycles. The van der Waals surface area contributed by atoms with Crippen molar-refractivity contribution in [2.75, 3.05) is 7.05 Å². The largest absolute Gasteiger partial charge is 0.280 e. The third-order valence-electron chi connectivity index (χ3n) is 2.22. The van der Waals surface area contributed by atoms with Gasteiger partial charge in [0, 0.05) is 19.2 Å². The zero-order valence-corrected chi connectivity index (χ0v) is 9.99. The summed E-state index contributed by atoms with van der Waals surface area (Å²) in [6, 6.07) is 3.68. The van der Waals surface area contributed by atoms with Crippen molar-refractivity contribution >= 4 is 17.4 Å². The molecule has 0 bridgehead atoms. The first-order valence-corrected chi connectivity index (χ1v) is 5.27. The van der Waals surface area contributed by atoms with E-state index < -0.39 is 0 Å². The van der Waals surface area contributed by atoms with Gasteiger partial charge in [-0.15, -0.1) is 0 Å². The lowest BCUT2D eigenvalue weighted by Crippen LogP contribution is -2.26. The Balaban J connectivity index is 2.67. The van der Waals surface area contributed by atoms with Gasteiger partial charge in [-0.2, -0.15) is 5.26 Å². The predicted molar refractivity (Wildman–Crippen MR) is 64.2 cm³/mol. The molecule has 0 saturated carbocycles. The average Bonchev–Trinajstić information content (AvgIpc) is 2.29. The lowest BCUT2D eigenvalue weighted by Gasteiger charge is -2.12. The van der Waals surface area contributed by atoms with Gasteiger partial charge < -0.3 is 0 Å². The topological polar surface area (TPSA) is 61.1 Å². The molecule has 1 N–H and O–H groups in total. The second-order valence-corrected chi connectivity index (χ2v) is 3.83. The Labute approximate surface area is 100.0 Å². The van der Waals surface area contributed by atoms with Crippen molar-refractivity contribution in [2.24, 2.45) is 10.9 Å². The third-order valence-corrected chi connectivity index (χ3v) is 2.45. The Morgan fingerprint density at radius 2 is 2.44 bits per heavy atom. The molecular weight excluding hydrogens is 224 g/mol. The highest BCUT2D eigenvalue weighted by molar-refractivity contribution is 6.29. The van der Waals surface area contributed by atoms with E-state index >= 15 is 0 Å². The van der Waals surface area contributed by atoms with Gasteiger partial charge in [-0.05, 0) is 18.1 Å². The van der Waals surface area contributed by atoms with Crippen LogP contribution in [0.3, 0.4) is 0 Å². The number of nitriles is 1. The zero-order chi connectivity index (χ0) is 12.0. The highest BCUT2D eigenvalue weighted by atomic mass is 35.5. The summed E-state index contributed by atoms with van der Waals surface area (Å²) in [7, 11) is 1.66. The smallest absolute Gasteiger partial charge is 0.182 e. The molecule has 0 aliphatic rings. The van der Waals surface area contributed by atoms with Gasteiger partial charge in [0.05, 0.1) is 0 Å². The fraction of sp³-hybridized carbons (Fsp3) is 0.364. The molecule has 1 heterocycles. The van der Waals surface area contributed by atoms with Crippen molar-refractivity contribution in [1.82, 2.24) is 10.3 Å². The molecule has 1 aromatic rings. The van der Waals surface area contributed by atoms with Gasteiger partial charge in [0.25, 0.3) is 0 Å². The van der Waals surface area contributed by atoms with Crippen molar-refractivity contribution in [2.45, 2.75) is 13.3 Å². The van der Waals surface area contributed by atoms with E-state index in [0.717, 1.165) is 12.0 Å².